The number of nitrogens with one attached hydrogen (secondary N) is 1. The Labute approximate surface area is 118 Å². The molecule has 0 saturated carbocycles. The quantitative estimate of drug-likeness (QED) is 0.352. The van der Waals surface area contributed by atoms with E-state index in [-0.39, 0.29) is 11.3 Å². The number of benzene rings is 1. The fourth-order valence-electron chi connectivity index (χ4n) is 1.74. The van der Waals surface area contributed by atoms with Crippen molar-refractivity contribution in [2.45, 2.75) is 0 Å². The van der Waals surface area contributed by atoms with Gasteiger partial charge in [0, 0.05) is 24.7 Å². The molecule has 108 valence electrons. The normalized spacial score (nSPS) is 10.2. The molecular weight excluding hydrogens is 278 g/mol. The molecular formula is C12H11N5O4. The highest BCUT2D eigenvalue weighted by Gasteiger charge is 2.14. The SMILES string of the molecule is Cn1nc(-c2ccc([N+](=O)[O-])cc2)cc(C(=O)NN)c1=O. The van der Waals surface area contributed by atoms with Crippen LogP contribution in [-0.4, -0.2) is 20.6 Å². The second kappa shape index (κ2) is 5.51. The first kappa shape index (κ1) is 14.3. The molecule has 0 bridgehead atoms. The van der Waals surface area contributed by atoms with Gasteiger partial charge in [-0.15, -0.1) is 0 Å². The van der Waals surface area contributed by atoms with Crippen molar-refractivity contribution < 1.29 is 9.72 Å². The van der Waals surface area contributed by atoms with Crippen LogP contribution < -0.4 is 16.8 Å². The first-order valence-corrected chi connectivity index (χ1v) is 5.78. The molecule has 2 rings (SSSR count). The summed E-state index contributed by atoms with van der Waals surface area (Å²) in [5, 5.41) is 14.6. The summed E-state index contributed by atoms with van der Waals surface area (Å²) in [5.41, 5.74) is 1.91. The lowest BCUT2D eigenvalue weighted by molar-refractivity contribution is -0.384. The van der Waals surface area contributed by atoms with Crippen LogP contribution in [0.25, 0.3) is 11.3 Å². The number of rotatable bonds is 3. The van der Waals surface area contributed by atoms with Crippen LogP contribution in [0.4, 0.5) is 5.69 Å². The number of nitro benzene ring substituents is 1. The fourth-order valence-corrected chi connectivity index (χ4v) is 1.74. The van der Waals surface area contributed by atoms with Gasteiger partial charge in [-0.3, -0.25) is 25.1 Å². The van der Waals surface area contributed by atoms with E-state index < -0.39 is 16.4 Å². The van der Waals surface area contributed by atoms with Gasteiger partial charge >= 0.3 is 0 Å². The second-order valence-electron chi connectivity index (χ2n) is 4.15. The zero-order chi connectivity index (χ0) is 15.6. The topological polar surface area (TPSA) is 133 Å². The predicted octanol–water partition coefficient (Wildman–Crippen LogP) is -0.0410. The number of nitrogen functional groups attached to an aromatic ring is 1. The van der Waals surface area contributed by atoms with Crippen LogP contribution >= 0.6 is 0 Å². The summed E-state index contributed by atoms with van der Waals surface area (Å²) in [6.07, 6.45) is 0. The van der Waals surface area contributed by atoms with Crippen LogP contribution in [0, 0.1) is 10.1 Å². The van der Waals surface area contributed by atoms with Crippen LogP contribution in [0.15, 0.2) is 35.1 Å². The summed E-state index contributed by atoms with van der Waals surface area (Å²) < 4.78 is 1.00. The molecule has 0 fully saturated rings. The molecule has 3 N–H and O–H groups in total. The Hall–Kier alpha value is -3.07. The maximum absolute atomic E-state index is 11.8. The minimum Gasteiger partial charge on any atom is -0.290 e. The van der Waals surface area contributed by atoms with Gasteiger partial charge in [0.15, 0.2) is 0 Å². The highest BCUT2D eigenvalue weighted by Crippen LogP contribution is 2.20. The Morgan fingerprint density at radius 2 is 2.00 bits per heavy atom. The average Bonchev–Trinajstić information content (AvgIpc) is 2.49. The van der Waals surface area contributed by atoms with E-state index in [0.717, 1.165) is 4.68 Å². The van der Waals surface area contributed by atoms with E-state index in [1.807, 2.05) is 5.43 Å². The molecule has 1 amide bonds. The molecule has 0 radical (unpaired) electrons. The van der Waals surface area contributed by atoms with Crippen molar-refractivity contribution in [1.29, 1.82) is 0 Å². The fraction of sp³-hybridized carbons (Fsp3) is 0.0833. The van der Waals surface area contributed by atoms with E-state index in [9.17, 15) is 19.7 Å². The lowest BCUT2D eigenvalue weighted by Crippen LogP contribution is -2.36. The molecule has 1 heterocycles. The van der Waals surface area contributed by atoms with Gasteiger partial charge in [0.1, 0.15) is 5.56 Å². The van der Waals surface area contributed by atoms with Crippen molar-refractivity contribution >= 4 is 11.6 Å². The first-order valence-electron chi connectivity index (χ1n) is 5.78. The maximum atomic E-state index is 11.8. The number of hydrogen-bond donors (Lipinski definition) is 2. The Morgan fingerprint density at radius 1 is 1.38 bits per heavy atom. The smallest absolute Gasteiger partial charge is 0.279 e. The molecule has 0 spiro atoms. The van der Waals surface area contributed by atoms with Gasteiger partial charge in [-0.05, 0) is 18.2 Å². The summed E-state index contributed by atoms with van der Waals surface area (Å²) in [6.45, 7) is 0. The van der Waals surface area contributed by atoms with E-state index in [1.165, 1.54) is 37.4 Å². The van der Waals surface area contributed by atoms with Crippen molar-refractivity contribution in [3.63, 3.8) is 0 Å². The minimum atomic E-state index is -0.735. The largest absolute Gasteiger partial charge is 0.290 e. The zero-order valence-electron chi connectivity index (χ0n) is 10.9. The Balaban J connectivity index is 2.54. The predicted molar refractivity (Wildman–Crippen MR) is 73.2 cm³/mol. The van der Waals surface area contributed by atoms with Crippen LogP contribution in [0.1, 0.15) is 10.4 Å². The summed E-state index contributed by atoms with van der Waals surface area (Å²) >= 11 is 0. The van der Waals surface area contributed by atoms with Crippen LogP contribution in [0.2, 0.25) is 0 Å². The van der Waals surface area contributed by atoms with E-state index in [0.29, 0.717) is 11.3 Å². The summed E-state index contributed by atoms with van der Waals surface area (Å²) in [4.78, 5) is 33.4. The van der Waals surface area contributed by atoms with Gasteiger partial charge in [-0.25, -0.2) is 10.5 Å². The Bertz CT molecular complexity index is 766. The molecule has 9 nitrogen and oxygen atoms in total. The highest BCUT2D eigenvalue weighted by atomic mass is 16.6. The summed E-state index contributed by atoms with van der Waals surface area (Å²) in [7, 11) is 1.39. The molecule has 21 heavy (non-hydrogen) atoms. The van der Waals surface area contributed by atoms with Crippen LogP contribution in [-0.2, 0) is 7.05 Å². The number of amides is 1. The third kappa shape index (κ3) is 2.77. The standard InChI is InChI=1S/C12H11N5O4/c1-16-12(19)9(11(18)14-13)6-10(15-16)7-2-4-8(5-3-7)17(20)21/h2-6H,13H2,1H3,(H,14,18). The van der Waals surface area contributed by atoms with Crippen molar-refractivity contribution in [1.82, 2.24) is 15.2 Å². The van der Waals surface area contributed by atoms with E-state index in [2.05, 4.69) is 5.10 Å². The third-order valence-electron chi connectivity index (χ3n) is 2.81. The Kier molecular flexibility index (Phi) is 3.76. The average molecular weight is 289 g/mol. The monoisotopic (exact) mass is 289 g/mol. The van der Waals surface area contributed by atoms with E-state index >= 15 is 0 Å². The van der Waals surface area contributed by atoms with Gasteiger partial charge < -0.3 is 0 Å². The van der Waals surface area contributed by atoms with Gasteiger partial charge in [0.05, 0.1) is 10.6 Å². The van der Waals surface area contributed by atoms with E-state index in [1.54, 1.807) is 0 Å². The molecule has 9 heteroatoms. The molecule has 2 aromatic rings. The van der Waals surface area contributed by atoms with E-state index in [4.69, 9.17) is 5.84 Å². The van der Waals surface area contributed by atoms with Gasteiger partial charge in [-0.2, -0.15) is 5.10 Å². The second-order valence-corrected chi connectivity index (χ2v) is 4.15. The number of non-ortho nitro benzene ring substituents is 1. The van der Waals surface area contributed by atoms with Crippen molar-refractivity contribution in [2.24, 2.45) is 12.9 Å². The van der Waals surface area contributed by atoms with Crippen molar-refractivity contribution in [3.05, 3.63) is 56.4 Å². The highest BCUT2D eigenvalue weighted by molar-refractivity contribution is 5.94. The zero-order valence-corrected chi connectivity index (χ0v) is 10.9. The van der Waals surface area contributed by atoms with Gasteiger partial charge in [0.2, 0.25) is 0 Å². The first-order chi connectivity index (χ1) is 9.93. The molecule has 0 atom stereocenters. The molecule has 0 unspecified atom stereocenters. The summed E-state index contributed by atoms with van der Waals surface area (Å²) in [5.74, 6) is 4.29. The number of hydrazine groups is 1. The van der Waals surface area contributed by atoms with Crippen molar-refractivity contribution in [3.8, 4) is 11.3 Å². The molecule has 0 aliphatic heterocycles. The maximum Gasteiger partial charge on any atom is 0.279 e. The van der Waals surface area contributed by atoms with Crippen LogP contribution in [0.5, 0.6) is 0 Å². The number of carbonyl (C=O) groups is 1. The molecule has 0 aliphatic rings. The lowest BCUT2D eigenvalue weighted by Gasteiger charge is -2.06. The number of nitrogens with two attached hydrogens (primary N) is 1. The molecule has 1 aromatic carbocycles. The molecule has 1 aromatic heterocycles. The van der Waals surface area contributed by atoms with Crippen molar-refractivity contribution in [2.75, 3.05) is 0 Å². The Morgan fingerprint density at radius 3 is 2.52 bits per heavy atom. The number of nitrogens with zero attached hydrogens (tertiary/aromatic N) is 3. The number of hydrogen-bond acceptors (Lipinski definition) is 6. The number of aryl methyl sites for hydroxylation is 1. The number of aromatic nitrogens is 2. The summed E-state index contributed by atoms with van der Waals surface area (Å²) in [6, 6.07) is 6.87. The van der Waals surface area contributed by atoms with Gasteiger partial charge in [-0.1, -0.05) is 0 Å². The van der Waals surface area contributed by atoms with Crippen LogP contribution in [0.3, 0.4) is 0 Å². The minimum absolute atomic E-state index is 0.0662. The lowest BCUT2D eigenvalue weighted by atomic mass is 10.1. The molecule has 0 aliphatic carbocycles. The molecule has 0 saturated heterocycles. The third-order valence-corrected chi connectivity index (χ3v) is 2.81. The number of carbonyl (C=O) groups excluding carboxylic acids is 1. The number of nitro groups is 1. The van der Waals surface area contributed by atoms with Gasteiger partial charge in [0.25, 0.3) is 17.2 Å².